The van der Waals surface area contributed by atoms with Gasteiger partial charge in [-0.1, -0.05) is 6.07 Å². The molecule has 1 aliphatic rings. The molecule has 3 heterocycles. The molecule has 2 amide bonds. The summed E-state index contributed by atoms with van der Waals surface area (Å²) < 4.78 is 7.80. The third-order valence-electron chi connectivity index (χ3n) is 6.34. The molecule has 0 bridgehead atoms. The van der Waals surface area contributed by atoms with Gasteiger partial charge in [0.05, 0.1) is 13.2 Å². The van der Waals surface area contributed by atoms with Crippen LogP contribution in [0.1, 0.15) is 33.7 Å². The van der Waals surface area contributed by atoms with Crippen LogP contribution < -0.4 is 5.32 Å². The normalized spacial score (nSPS) is 16.3. The van der Waals surface area contributed by atoms with Crippen molar-refractivity contribution in [2.75, 3.05) is 26.2 Å². The number of benzene rings is 1. The van der Waals surface area contributed by atoms with E-state index < -0.39 is 6.10 Å². The molecular formula is C25H30N4O3. The molecule has 7 heteroatoms. The Labute approximate surface area is 188 Å². The van der Waals surface area contributed by atoms with Crippen LogP contribution in [0.2, 0.25) is 0 Å². The third kappa shape index (κ3) is 4.53. The largest absolute Gasteiger partial charge is 0.365 e. The Morgan fingerprint density at radius 3 is 2.84 bits per heavy atom. The van der Waals surface area contributed by atoms with Crippen molar-refractivity contribution in [2.45, 2.75) is 32.8 Å². The summed E-state index contributed by atoms with van der Waals surface area (Å²) in [5, 5.41) is 4.02. The summed E-state index contributed by atoms with van der Waals surface area (Å²) >= 11 is 0. The average Bonchev–Trinajstić information content (AvgIpc) is 3.05. The Morgan fingerprint density at radius 2 is 2.06 bits per heavy atom. The number of amides is 2. The number of hydrogen-bond acceptors (Lipinski definition) is 4. The van der Waals surface area contributed by atoms with Crippen molar-refractivity contribution >= 4 is 22.7 Å². The van der Waals surface area contributed by atoms with Crippen LogP contribution in [0, 0.1) is 13.8 Å². The van der Waals surface area contributed by atoms with Crippen molar-refractivity contribution in [2.24, 2.45) is 7.05 Å². The maximum atomic E-state index is 13.2. The quantitative estimate of drug-likeness (QED) is 0.606. The first kappa shape index (κ1) is 22.0. The minimum Gasteiger partial charge on any atom is -0.365 e. The van der Waals surface area contributed by atoms with E-state index in [9.17, 15) is 9.59 Å². The minimum atomic E-state index is -0.646. The van der Waals surface area contributed by atoms with E-state index in [2.05, 4.69) is 28.7 Å². The van der Waals surface area contributed by atoms with E-state index >= 15 is 0 Å². The number of rotatable bonds is 6. The summed E-state index contributed by atoms with van der Waals surface area (Å²) in [6.45, 7) is 5.80. The lowest BCUT2D eigenvalue weighted by Crippen LogP contribution is -2.51. The number of nitrogens with zero attached hydrogens (tertiary/aromatic N) is 3. The first-order valence-electron chi connectivity index (χ1n) is 11.1. The van der Waals surface area contributed by atoms with Gasteiger partial charge in [0.2, 0.25) is 0 Å². The van der Waals surface area contributed by atoms with E-state index in [4.69, 9.17) is 4.74 Å². The number of nitrogens with one attached hydrogen (secondary N) is 1. The molecular weight excluding hydrogens is 404 g/mol. The summed E-state index contributed by atoms with van der Waals surface area (Å²) in [7, 11) is 2.04. The first-order chi connectivity index (χ1) is 15.5. The first-order valence-corrected chi connectivity index (χ1v) is 11.1. The number of aryl methyl sites for hydroxylation is 3. The smallest absolute Gasteiger partial charge is 0.254 e. The highest BCUT2D eigenvalue weighted by molar-refractivity contribution is 5.99. The zero-order valence-corrected chi connectivity index (χ0v) is 18.9. The van der Waals surface area contributed by atoms with Gasteiger partial charge in [-0.3, -0.25) is 14.6 Å². The molecule has 32 heavy (non-hydrogen) atoms. The maximum Gasteiger partial charge on any atom is 0.254 e. The van der Waals surface area contributed by atoms with Crippen LogP contribution >= 0.6 is 0 Å². The van der Waals surface area contributed by atoms with Crippen LogP contribution in [0.5, 0.6) is 0 Å². The molecule has 0 radical (unpaired) electrons. The van der Waals surface area contributed by atoms with Crippen LogP contribution in [0.4, 0.5) is 0 Å². The van der Waals surface area contributed by atoms with Gasteiger partial charge in [0.15, 0.2) is 6.10 Å². The molecule has 0 spiro atoms. The number of carbonyl (C=O) groups excluding carboxylic acids is 2. The van der Waals surface area contributed by atoms with Gasteiger partial charge in [-0.05, 0) is 62.6 Å². The summed E-state index contributed by atoms with van der Waals surface area (Å²) in [5.41, 5.74) is 5.13. The highest BCUT2D eigenvalue weighted by Gasteiger charge is 2.29. The van der Waals surface area contributed by atoms with Gasteiger partial charge in [-0.15, -0.1) is 0 Å². The zero-order valence-electron chi connectivity index (χ0n) is 18.9. The van der Waals surface area contributed by atoms with Crippen molar-refractivity contribution in [3.8, 4) is 0 Å². The summed E-state index contributed by atoms with van der Waals surface area (Å²) in [5.74, 6) is -0.238. The number of pyridine rings is 1. The summed E-state index contributed by atoms with van der Waals surface area (Å²) in [6, 6.07) is 11.6. The van der Waals surface area contributed by atoms with Crippen molar-refractivity contribution in [1.82, 2.24) is 19.8 Å². The Morgan fingerprint density at radius 1 is 1.22 bits per heavy atom. The number of hydrogen-bond donors (Lipinski definition) is 1. The van der Waals surface area contributed by atoms with Crippen molar-refractivity contribution in [1.29, 1.82) is 0 Å². The van der Waals surface area contributed by atoms with E-state index in [0.29, 0.717) is 25.3 Å². The average molecular weight is 435 g/mol. The van der Waals surface area contributed by atoms with Gasteiger partial charge < -0.3 is 19.5 Å². The van der Waals surface area contributed by atoms with E-state index in [0.717, 1.165) is 29.4 Å². The van der Waals surface area contributed by atoms with Gasteiger partial charge in [-0.2, -0.15) is 0 Å². The van der Waals surface area contributed by atoms with Gasteiger partial charge in [-0.25, -0.2) is 0 Å². The fourth-order valence-electron chi connectivity index (χ4n) is 4.20. The fraction of sp³-hybridized carbons (Fsp3) is 0.400. The summed E-state index contributed by atoms with van der Waals surface area (Å²) in [4.78, 5) is 31.7. The van der Waals surface area contributed by atoms with Crippen LogP contribution in [0.3, 0.4) is 0 Å². The molecule has 2 aromatic heterocycles. The van der Waals surface area contributed by atoms with Gasteiger partial charge in [0.1, 0.15) is 0 Å². The Kier molecular flexibility index (Phi) is 6.55. The molecule has 168 valence electrons. The monoisotopic (exact) mass is 434 g/mol. The van der Waals surface area contributed by atoms with Gasteiger partial charge in [0, 0.05) is 54.2 Å². The lowest BCUT2D eigenvalue weighted by atomic mass is 10.1. The second-order valence-corrected chi connectivity index (χ2v) is 8.33. The standard InChI is InChI=1S/C25H30N4O3/c1-17-18(2)28(3)22-10-9-19(15-21(17)22)25(31)29-13-14-32-23(16-29)24(30)27-12-6-8-20-7-4-5-11-26-20/h4-5,7,9-11,15,23H,6,8,12-14,16H2,1-3H3,(H,27,30). The predicted molar refractivity (Wildman–Crippen MR) is 124 cm³/mol. The maximum absolute atomic E-state index is 13.2. The van der Waals surface area contributed by atoms with Gasteiger partial charge in [0.25, 0.3) is 11.8 Å². The number of aromatic nitrogens is 2. The molecule has 4 rings (SSSR count). The second-order valence-electron chi connectivity index (χ2n) is 8.33. The number of fused-ring (bicyclic) bond motifs is 1. The molecule has 7 nitrogen and oxygen atoms in total. The van der Waals surface area contributed by atoms with E-state index in [1.165, 1.54) is 11.3 Å². The number of carbonyl (C=O) groups is 2. The zero-order chi connectivity index (χ0) is 22.7. The van der Waals surface area contributed by atoms with Crippen LogP contribution in [-0.2, 0) is 23.0 Å². The molecule has 1 aliphatic heterocycles. The third-order valence-corrected chi connectivity index (χ3v) is 6.34. The Hall–Kier alpha value is -3.19. The molecule has 1 aromatic carbocycles. The van der Waals surface area contributed by atoms with E-state index in [1.54, 1.807) is 11.1 Å². The van der Waals surface area contributed by atoms with Crippen LogP contribution in [0.15, 0.2) is 42.6 Å². The molecule has 3 aromatic rings. The van der Waals surface area contributed by atoms with E-state index in [-0.39, 0.29) is 18.4 Å². The lowest BCUT2D eigenvalue weighted by molar-refractivity contribution is -0.137. The Bertz CT molecular complexity index is 1120. The molecule has 1 unspecified atom stereocenters. The predicted octanol–water partition coefficient (Wildman–Crippen LogP) is 2.78. The SMILES string of the molecule is Cc1c(C)n(C)c2ccc(C(=O)N3CCOC(C(=O)NCCCc4ccccn4)C3)cc12. The van der Waals surface area contributed by atoms with Crippen molar-refractivity contribution < 1.29 is 14.3 Å². The Balaban J connectivity index is 1.35. The molecule has 0 aliphatic carbocycles. The van der Waals surface area contributed by atoms with Crippen LogP contribution in [-0.4, -0.2) is 58.6 Å². The number of ether oxygens (including phenoxy) is 1. The second kappa shape index (κ2) is 9.53. The molecule has 0 saturated carbocycles. The minimum absolute atomic E-state index is 0.0657. The van der Waals surface area contributed by atoms with Crippen molar-refractivity contribution in [3.63, 3.8) is 0 Å². The molecule has 1 atom stereocenters. The molecule has 1 N–H and O–H groups in total. The van der Waals surface area contributed by atoms with Gasteiger partial charge >= 0.3 is 0 Å². The van der Waals surface area contributed by atoms with Crippen LogP contribution in [0.25, 0.3) is 10.9 Å². The molecule has 1 fully saturated rings. The van der Waals surface area contributed by atoms with Crippen molar-refractivity contribution in [3.05, 3.63) is 65.1 Å². The molecule has 1 saturated heterocycles. The highest BCUT2D eigenvalue weighted by atomic mass is 16.5. The summed E-state index contributed by atoms with van der Waals surface area (Å²) in [6.07, 6.45) is 2.73. The topological polar surface area (TPSA) is 76.5 Å². The fourth-order valence-corrected chi connectivity index (χ4v) is 4.20. The highest BCUT2D eigenvalue weighted by Crippen LogP contribution is 2.26. The lowest BCUT2D eigenvalue weighted by Gasteiger charge is -2.32. The number of morpholine rings is 1. The van der Waals surface area contributed by atoms with E-state index in [1.807, 2.05) is 43.4 Å².